The van der Waals surface area contributed by atoms with Gasteiger partial charge in [0.05, 0.1) is 59.8 Å². The molecule has 1 aromatic rings. The van der Waals surface area contributed by atoms with Crippen LogP contribution in [0.3, 0.4) is 0 Å². The Hall–Kier alpha value is -2.22. The van der Waals surface area contributed by atoms with Crippen LogP contribution in [0.15, 0.2) is 36.4 Å². The van der Waals surface area contributed by atoms with Crippen LogP contribution in [0.4, 0.5) is 0 Å². The molecule has 5 aliphatic rings. The fraction of sp³-hybridized carbons (Fsp3) is 0.800. The normalized spacial score (nSPS) is 41.6. The molecule has 0 amide bonds. The van der Waals surface area contributed by atoms with Crippen molar-refractivity contribution in [1.29, 1.82) is 0 Å². The summed E-state index contributed by atoms with van der Waals surface area (Å²) < 4.78 is 35.0. The van der Waals surface area contributed by atoms with Crippen molar-refractivity contribution in [2.45, 2.75) is 212 Å². The minimum atomic E-state index is -1.17. The average Bonchev–Trinajstić information content (AvgIpc) is 3.57. The number of aliphatic carboxylic acids is 1. The zero-order valence-electron chi connectivity index (χ0n) is 39.0. The largest absolute Gasteiger partial charge is 0.481 e. The number of ether oxygens (including phenoxy) is 5. The summed E-state index contributed by atoms with van der Waals surface area (Å²) in [7, 11) is 0. The van der Waals surface area contributed by atoms with Crippen LogP contribution >= 0.6 is 0 Å². The Bertz CT molecular complexity index is 1690. The number of benzene rings is 1. The number of hydrogen-bond acceptors (Lipinski definition) is 10. The van der Waals surface area contributed by atoms with E-state index in [4.69, 9.17) is 23.7 Å². The van der Waals surface area contributed by atoms with E-state index in [9.17, 15) is 24.9 Å². The van der Waals surface area contributed by atoms with Gasteiger partial charge in [0.1, 0.15) is 5.78 Å². The molecule has 6 rings (SSSR count). The molecule has 0 bridgehead atoms. The number of hydrogen-bond donors (Lipinski definition) is 4. The van der Waals surface area contributed by atoms with Gasteiger partial charge in [0.2, 0.25) is 0 Å². The Balaban J connectivity index is 1.24. The molecule has 0 unspecified atom stereocenters. The predicted molar refractivity (Wildman–Crippen MR) is 234 cm³/mol. The number of aliphatic hydroxyl groups is 2. The fourth-order valence-electron chi connectivity index (χ4n) is 11.7. The number of rotatable bonds is 15. The predicted octanol–water partition coefficient (Wildman–Crippen LogP) is 8.29. The lowest BCUT2D eigenvalue weighted by atomic mass is 9.72. The van der Waals surface area contributed by atoms with Crippen molar-refractivity contribution in [2.24, 2.45) is 41.4 Å². The molecule has 0 aromatic heterocycles. The summed E-state index contributed by atoms with van der Waals surface area (Å²) in [5.41, 5.74) is 0.808. The molecule has 18 atom stereocenters. The number of ketones is 1. The van der Waals surface area contributed by atoms with Crippen molar-refractivity contribution in [1.82, 2.24) is 5.32 Å². The average molecular weight is 854 g/mol. The molecule has 4 fully saturated rings. The first-order valence-electron chi connectivity index (χ1n) is 23.8. The molecular weight excluding hydrogens is 775 g/mol. The number of aryl methyl sites for hydroxylation is 1. The molecule has 344 valence electrons. The summed E-state index contributed by atoms with van der Waals surface area (Å²) in [6.07, 6.45) is 7.83. The van der Waals surface area contributed by atoms with Crippen LogP contribution in [0.5, 0.6) is 0 Å². The van der Waals surface area contributed by atoms with Crippen molar-refractivity contribution in [3.05, 3.63) is 47.5 Å². The highest BCUT2D eigenvalue weighted by Crippen LogP contribution is 2.54. The molecule has 11 nitrogen and oxygen atoms in total. The van der Waals surface area contributed by atoms with Gasteiger partial charge in [-0.15, -0.1) is 0 Å². The lowest BCUT2D eigenvalue weighted by Gasteiger charge is -2.55. The van der Waals surface area contributed by atoms with E-state index < -0.39 is 64.8 Å². The van der Waals surface area contributed by atoms with Crippen LogP contribution in [0.2, 0.25) is 0 Å². The van der Waals surface area contributed by atoms with Crippen LogP contribution in [0, 0.1) is 48.3 Å². The number of aliphatic hydroxyl groups excluding tert-OH is 1. The monoisotopic (exact) mass is 854 g/mol. The summed E-state index contributed by atoms with van der Waals surface area (Å²) >= 11 is 0. The second-order valence-electron chi connectivity index (χ2n) is 20.3. The Kier molecular flexibility index (Phi) is 15.1. The number of carboxylic acids is 1. The van der Waals surface area contributed by atoms with E-state index in [1.807, 2.05) is 47.6 Å². The molecule has 4 N–H and O–H groups in total. The van der Waals surface area contributed by atoms with E-state index >= 15 is 0 Å². The zero-order valence-corrected chi connectivity index (χ0v) is 39.0. The van der Waals surface area contributed by atoms with Gasteiger partial charge in [-0.2, -0.15) is 0 Å². The first-order chi connectivity index (χ1) is 28.8. The Morgan fingerprint density at radius 2 is 1.57 bits per heavy atom. The number of carbonyl (C=O) groups is 2. The minimum Gasteiger partial charge on any atom is -0.481 e. The minimum absolute atomic E-state index is 0.0373. The highest BCUT2D eigenvalue weighted by Gasteiger charge is 2.63. The first kappa shape index (κ1) is 48.2. The maximum absolute atomic E-state index is 14.7. The second-order valence-corrected chi connectivity index (χ2v) is 20.3. The van der Waals surface area contributed by atoms with Gasteiger partial charge in [-0.05, 0) is 102 Å². The highest BCUT2D eigenvalue weighted by molar-refractivity contribution is 5.84. The fourth-order valence-corrected chi connectivity index (χ4v) is 11.7. The number of Topliss-reactive ketones (excluding diaryl/α,β-unsaturated/α-hetero) is 1. The maximum Gasteiger partial charge on any atom is 0.309 e. The van der Waals surface area contributed by atoms with Crippen molar-refractivity contribution < 1.29 is 48.6 Å². The van der Waals surface area contributed by atoms with Crippen LogP contribution in [0.25, 0.3) is 0 Å². The van der Waals surface area contributed by atoms with E-state index in [2.05, 4.69) is 70.3 Å². The maximum atomic E-state index is 14.7. The molecule has 61 heavy (non-hydrogen) atoms. The molecule has 0 radical (unpaired) electrons. The van der Waals surface area contributed by atoms with Crippen molar-refractivity contribution in [3.8, 4) is 0 Å². The highest BCUT2D eigenvalue weighted by atomic mass is 16.8. The molecule has 5 heterocycles. The lowest BCUT2D eigenvalue weighted by Crippen LogP contribution is -2.65. The second kappa shape index (κ2) is 19.1. The molecule has 5 aliphatic heterocycles. The Labute approximate surface area is 366 Å². The van der Waals surface area contributed by atoms with Gasteiger partial charge in [-0.1, -0.05) is 91.3 Å². The van der Waals surface area contributed by atoms with Gasteiger partial charge < -0.3 is 44.3 Å². The van der Waals surface area contributed by atoms with Crippen LogP contribution in [-0.4, -0.2) is 92.5 Å². The van der Waals surface area contributed by atoms with E-state index in [1.54, 1.807) is 0 Å². The summed E-state index contributed by atoms with van der Waals surface area (Å²) in [6.45, 7) is 22.8. The standard InChI is InChI=1S/C50H79NO10/c1-12-37(46(54)55)39-20-17-30(5)44(58-39)34(9)42(52)33(8)43(53)38(13-2)45-31(6)27-32(7)49(59-45)24-21-40(51-28-36-18-15-29(4)16-19-36)50(61-49)26-25-47(11,60-50)41-22-23-48(56,14-3)35(10)57-41/h15-16,18-19,21,24,30-35,37-42,44-45,51-52,56H,12-14,17,20,22-23,25-28H2,1-11H3,(H,54,55)/t30-,31-,32+,33-,34-,35-,37+,38-,39+,40-,41+,42+,44+,45-,47-,48+,49-,50-/m0/s1. The smallest absolute Gasteiger partial charge is 0.309 e. The SMILES string of the molecule is CC[C@@H](C(=O)[C@@H](C)[C@@H](O)[C@H](C)[C@@H]1O[C@@H]([C@@H](CC)C(=O)O)CC[C@@H]1C)[C@H]1O[C@]2(C=C[C@H](NCc3ccc(C)cc3)[C@]3(CC[C@@](C)([C@H]4CC[C@](O)(CC)[C@H](C)O4)O3)O2)[C@H](C)C[C@@H]1C. The third kappa shape index (κ3) is 9.61. The summed E-state index contributed by atoms with van der Waals surface area (Å²) in [5.74, 6) is -5.27. The van der Waals surface area contributed by atoms with E-state index in [1.165, 1.54) is 5.56 Å². The topological polar surface area (TPSA) is 153 Å². The van der Waals surface area contributed by atoms with E-state index in [0.717, 1.165) is 18.4 Å². The molecule has 11 heteroatoms. The third-order valence-electron chi connectivity index (χ3n) is 16.1. The Morgan fingerprint density at radius 1 is 0.885 bits per heavy atom. The molecule has 1 aromatic carbocycles. The van der Waals surface area contributed by atoms with Crippen LogP contribution < -0.4 is 5.32 Å². The van der Waals surface area contributed by atoms with Crippen molar-refractivity contribution in [2.75, 3.05) is 0 Å². The number of nitrogens with one attached hydrogen (secondary N) is 1. The third-order valence-corrected chi connectivity index (χ3v) is 16.1. The molecule has 4 saturated heterocycles. The molecule has 0 aliphatic carbocycles. The molecular formula is C50H79NO10. The van der Waals surface area contributed by atoms with Crippen molar-refractivity contribution >= 4 is 11.8 Å². The van der Waals surface area contributed by atoms with Gasteiger partial charge in [0, 0.05) is 36.6 Å². The Morgan fingerprint density at radius 3 is 2.20 bits per heavy atom. The molecule has 0 saturated carbocycles. The zero-order chi connectivity index (χ0) is 44.7. The number of carboxylic acid groups (broad SMARTS) is 1. The summed E-state index contributed by atoms with van der Waals surface area (Å²) in [4.78, 5) is 26.7. The summed E-state index contributed by atoms with van der Waals surface area (Å²) in [6, 6.07) is 8.19. The first-order valence-corrected chi connectivity index (χ1v) is 23.8. The van der Waals surface area contributed by atoms with Gasteiger partial charge in [0.25, 0.3) is 0 Å². The van der Waals surface area contributed by atoms with Gasteiger partial charge in [0.15, 0.2) is 11.6 Å². The van der Waals surface area contributed by atoms with E-state index in [-0.39, 0.29) is 53.8 Å². The quantitative estimate of drug-likeness (QED) is 0.126. The van der Waals surface area contributed by atoms with Crippen LogP contribution in [-0.2, 0) is 39.8 Å². The molecule has 2 spiro atoms. The van der Waals surface area contributed by atoms with Gasteiger partial charge in [-0.25, -0.2) is 0 Å². The van der Waals surface area contributed by atoms with Gasteiger partial charge in [-0.3, -0.25) is 9.59 Å². The number of carbonyl (C=O) groups excluding carboxylic acids is 1. The van der Waals surface area contributed by atoms with Gasteiger partial charge >= 0.3 is 5.97 Å². The van der Waals surface area contributed by atoms with E-state index in [0.29, 0.717) is 57.9 Å². The van der Waals surface area contributed by atoms with Crippen molar-refractivity contribution in [3.63, 3.8) is 0 Å². The van der Waals surface area contributed by atoms with Crippen LogP contribution in [0.1, 0.15) is 145 Å². The lowest BCUT2D eigenvalue weighted by molar-refractivity contribution is -0.398. The summed E-state index contributed by atoms with van der Waals surface area (Å²) in [5, 5.41) is 36.8.